The number of rotatable bonds is 9. The zero-order valence-electron chi connectivity index (χ0n) is 18.2. The Morgan fingerprint density at radius 3 is 2.62 bits per heavy atom. The van der Waals surface area contributed by atoms with Crippen LogP contribution in [0.4, 0.5) is 17.6 Å². The molecule has 1 amide bonds. The van der Waals surface area contributed by atoms with Gasteiger partial charge in [-0.25, -0.2) is 13.8 Å². The van der Waals surface area contributed by atoms with Gasteiger partial charge in [-0.1, -0.05) is 18.6 Å². The van der Waals surface area contributed by atoms with E-state index in [1.165, 1.54) is 25.2 Å². The predicted molar refractivity (Wildman–Crippen MR) is 115 cm³/mol. The molecule has 0 bridgehead atoms. The summed E-state index contributed by atoms with van der Waals surface area (Å²) in [6.07, 6.45) is 1.57. The molecule has 3 rings (SSSR count). The van der Waals surface area contributed by atoms with Gasteiger partial charge >= 0.3 is 11.9 Å². The smallest absolute Gasteiger partial charge is 0.319 e. The van der Waals surface area contributed by atoms with Crippen molar-refractivity contribution in [3.63, 3.8) is 0 Å². The summed E-state index contributed by atoms with van der Waals surface area (Å²) in [6, 6.07) is 4.76. The Morgan fingerprint density at radius 1 is 1.35 bits per heavy atom. The highest BCUT2D eigenvalue weighted by molar-refractivity contribution is 6.09. The summed E-state index contributed by atoms with van der Waals surface area (Å²) < 4.78 is 54.4. The van der Waals surface area contributed by atoms with Crippen LogP contribution in [0.25, 0.3) is 0 Å². The van der Waals surface area contributed by atoms with Gasteiger partial charge < -0.3 is 10.4 Å². The molecule has 1 aliphatic rings. The van der Waals surface area contributed by atoms with Gasteiger partial charge in [0.2, 0.25) is 0 Å². The number of amides is 1. The van der Waals surface area contributed by atoms with Crippen molar-refractivity contribution in [1.29, 1.82) is 5.41 Å². The van der Waals surface area contributed by atoms with Crippen molar-refractivity contribution in [2.45, 2.75) is 37.6 Å². The average molecular weight is 481 g/mol. The number of carbonyl (C=O) groups excluding carboxylic acids is 1. The first-order valence-corrected chi connectivity index (χ1v) is 10.5. The van der Waals surface area contributed by atoms with Crippen molar-refractivity contribution in [2.24, 2.45) is 18.0 Å². The van der Waals surface area contributed by atoms with Gasteiger partial charge in [-0.3, -0.25) is 19.7 Å². The standard InChI is InChI=1S/C22H23F4N5O3/c1-31-16(10-17(30-31)22(25,26)11-23)21(34)28-15(9-18(32)33)19(12-4-2-5-12)29-20(27)13-6-3-7-14(24)8-13/h3,6-8,10,12,15,27H,2,4-5,9,11H2,1H3,(H,28,34)(H,32,33). The van der Waals surface area contributed by atoms with Crippen LogP contribution in [0.15, 0.2) is 35.3 Å². The van der Waals surface area contributed by atoms with Crippen LogP contribution in [0, 0.1) is 17.1 Å². The maximum Gasteiger partial charge on any atom is 0.319 e. The summed E-state index contributed by atoms with van der Waals surface area (Å²) in [5.74, 6) is -7.14. The molecule has 1 unspecified atom stereocenters. The molecule has 0 saturated heterocycles. The maximum absolute atomic E-state index is 13.7. The summed E-state index contributed by atoms with van der Waals surface area (Å²) in [4.78, 5) is 28.6. The topological polar surface area (TPSA) is 120 Å². The number of nitrogens with one attached hydrogen (secondary N) is 2. The molecule has 1 aromatic carbocycles. The third-order valence-electron chi connectivity index (χ3n) is 5.56. The van der Waals surface area contributed by atoms with Crippen LogP contribution >= 0.6 is 0 Å². The number of hydrogen-bond acceptors (Lipinski definition) is 4. The number of aryl methyl sites for hydroxylation is 1. The molecule has 1 fully saturated rings. The molecule has 3 N–H and O–H groups in total. The van der Waals surface area contributed by atoms with E-state index >= 15 is 0 Å². The number of alkyl halides is 3. The summed E-state index contributed by atoms with van der Waals surface area (Å²) in [7, 11) is 1.22. The van der Waals surface area contributed by atoms with Crippen LogP contribution in [0.2, 0.25) is 0 Å². The molecular formula is C22H23F4N5O3. The van der Waals surface area contributed by atoms with Crippen molar-refractivity contribution in [3.8, 4) is 0 Å². The molecule has 1 atom stereocenters. The molecule has 8 nitrogen and oxygen atoms in total. The Labute approximate surface area is 192 Å². The van der Waals surface area contributed by atoms with Crippen LogP contribution in [-0.4, -0.2) is 51.0 Å². The van der Waals surface area contributed by atoms with E-state index in [-0.39, 0.29) is 28.7 Å². The first-order chi connectivity index (χ1) is 16.0. The first kappa shape index (κ1) is 25.1. The van der Waals surface area contributed by atoms with E-state index in [1.807, 2.05) is 0 Å². The van der Waals surface area contributed by atoms with E-state index in [0.717, 1.165) is 23.2 Å². The number of amidine groups is 1. The van der Waals surface area contributed by atoms with Gasteiger partial charge in [0.15, 0.2) is 12.5 Å². The third-order valence-corrected chi connectivity index (χ3v) is 5.56. The molecule has 0 aliphatic heterocycles. The second kappa shape index (κ2) is 10.1. The van der Waals surface area contributed by atoms with E-state index in [0.29, 0.717) is 12.8 Å². The van der Waals surface area contributed by atoms with Crippen molar-refractivity contribution < 1.29 is 32.3 Å². The van der Waals surface area contributed by atoms with Crippen molar-refractivity contribution in [1.82, 2.24) is 15.1 Å². The van der Waals surface area contributed by atoms with Gasteiger partial charge in [-0.05, 0) is 37.0 Å². The van der Waals surface area contributed by atoms with Gasteiger partial charge in [-0.2, -0.15) is 13.9 Å². The zero-order chi connectivity index (χ0) is 25.0. The highest BCUT2D eigenvalue weighted by Crippen LogP contribution is 2.31. The summed E-state index contributed by atoms with van der Waals surface area (Å²) in [5, 5.41) is 23.6. The van der Waals surface area contributed by atoms with Crippen molar-refractivity contribution in [3.05, 3.63) is 53.1 Å². The SMILES string of the molecule is Cn1nc(C(F)(F)CF)cc1C(=O)NC(CC(=O)O)C(=NC(=N)c1cccc(F)c1)C1CCC1. The minimum absolute atomic E-state index is 0.168. The Hall–Kier alpha value is -3.57. The molecule has 1 heterocycles. The highest BCUT2D eigenvalue weighted by atomic mass is 19.3. The molecule has 1 saturated carbocycles. The zero-order valence-corrected chi connectivity index (χ0v) is 18.2. The van der Waals surface area contributed by atoms with Crippen LogP contribution < -0.4 is 5.32 Å². The number of carbonyl (C=O) groups is 2. The molecule has 182 valence electrons. The number of aliphatic carboxylic acids is 1. The Kier molecular flexibility index (Phi) is 7.48. The Bertz CT molecular complexity index is 1130. The van der Waals surface area contributed by atoms with Crippen LogP contribution in [0.1, 0.15) is 47.4 Å². The van der Waals surface area contributed by atoms with Gasteiger partial charge in [0.25, 0.3) is 5.91 Å². The van der Waals surface area contributed by atoms with Crippen molar-refractivity contribution >= 4 is 23.4 Å². The fourth-order valence-electron chi connectivity index (χ4n) is 3.55. The van der Waals surface area contributed by atoms with Crippen molar-refractivity contribution in [2.75, 3.05) is 6.67 Å². The average Bonchev–Trinajstić information content (AvgIpc) is 3.13. The molecule has 34 heavy (non-hydrogen) atoms. The number of aromatic nitrogens is 2. The number of aliphatic imine (C=N–C) groups is 1. The summed E-state index contributed by atoms with van der Waals surface area (Å²) in [5.41, 5.74) is -0.862. The number of hydrogen-bond donors (Lipinski definition) is 3. The molecular weight excluding hydrogens is 458 g/mol. The number of carboxylic acids is 1. The first-order valence-electron chi connectivity index (χ1n) is 10.5. The maximum atomic E-state index is 13.7. The normalized spacial score (nSPS) is 15.5. The fraction of sp³-hybridized carbons (Fsp3) is 0.409. The highest BCUT2D eigenvalue weighted by Gasteiger charge is 2.37. The van der Waals surface area contributed by atoms with E-state index in [1.54, 1.807) is 0 Å². The van der Waals surface area contributed by atoms with Crippen LogP contribution in [-0.2, 0) is 17.8 Å². The Balaban J connectivity index is 1.93. The molecule has 0 radical (unpaired) electrons. The molecule has 2 aromatic rings. The monoisotopic (exact) mass is 481 g/mol. The van der Waals surface area contributed by atoms with E-state index in [9.17, 15) is 32.3 Å². The minimum Gasteiger partial charge on any atom is -0.481 e. The summed E-state index contributed by atoms with van der Waals surface area (Å²) >= 11 is 0. The van der Waals surface area contributed by atoms with Gasteiger partial charge in [0.05, 0.1) is 12.5 Å². The predicted octanol–water partition coefficient (Wildman–Crippen LogP) is 3.46. The second-order valence-electron chi connectivity index (χ2n) is 8.02. The molecule has 1 aromatic heterocycles. The van der Waals surface area contributed by atoms with Gasteiger partial charge in [0, 0.05) is 18.3 Å². The lowest BCUT2D eigenvalue weighted by Crippen LogP contribution is -2.47. The Morgan fingerprint density at radius 2 is 2.06 bits per heavy atom. The third kappa shape index (κ3) is 5.67. The lowest BCUT2D eigenvalue weighted by molar-refractivity contribution is -0.137. The molecule has 1 aliphatic carbocycles. The quantitative estimate of drug-likeness (QED) is 0.289. The van der Waals surface area contributed by atoms with Crippen LogP contribution in [0.3, 0.4) is 0 Å². The minimum atomic E-state index is -3.88. The lowest BCUT2D eigenvalue weighted by atomic mass is 9.78. The van der Waals surface area contributed by atoms with E-state index < -0.39 is 48.4 Å². The van der Waals surface area contributed by atoms with E-state index in [4.69, 9.17) is 5.41 Å². The number of halogens is 4. The van der Waals surface area contributed by atoms with Gasteiger partial charge in [-0.15, -0.1) is 0 Å². The fourth-order valence-corrected chi connectivity index (χ4v) is 3.55. The molecule has 12 heteroatoms. The van der Waals surface area contributed by atoms with Gasteiger partial charge in [0.1, 0.15) is 17.2 Å². The lowest BCUT2D eigenvalue weighted by Gasteiger charge is -2.32. The molecule has 0 spiro atoms. The second-order valence-corrected chi connectivity index (χ2v) is 8.02. The number of carboxylic acid groups (broad SMARTS) is 1. The number of benzene rings is 1. The summed E-state index contributed by atoms with van der Waals surface area (Å²) in [6.45, 7) is -1.99. The largest absolute Gasteiger partial charge is 0.481 e. The van der Waals surface area contributed by atoms with E-state index in [2.05, 4.69) is 15.4 Å². The number of nitrogens with zero attached hydrogens (tertiary/aromatic N) is 3. The van der Waals surface area contributed by atoms with Crippen LogP contribution in [0.5, 0.6) is 0 Å².